The molecule has 1 heterocycles. The predicted molar refractivity (Wildman–Crippen MR) is 95.6 cm³/mol. The Morgan fingerprint density at radius 3 is 2.70 bits per heavy atom. The summed E-state index contributed by atoms with van der Waals surface area (Å²) in [6.07, 6.45) is -0.0304. The standard InChI is InChI=1S/C20H17ClF2N2O2/c21-12-6-15-14(16(22)7-12)8-18(25-4-3-13(26)10-25)20(15)27-19-2-1-11(9-24)5-17(19)23/h1-2,5-7,13,18,20,26H,3-4,8,10H2/t13-,18+,20+/m1/s1. The lowest BCUT2D eigenvalue weighted by Crippen LogP contribution is -2.39. The van der Waals surface area contributed by atoms with Crippen LogP contribution in [0, 0.1) is 23.0 Å². The molecule has 1 fully saturated rings. The molecule has 3 atom stereocenters. The Labute approximate surface area is 160 Å². The average molecular weight is 391 g/mol. The third-order valence-electron chi connectivity index (χ3n) is 5.24. The zero-order valence-electron chi connectivity index (χ0n) is 14.3. The van der Waals surface area contributed by atoms with E-state index in [1.54, 1.807) is 6.07 Å². The van der Waals surface area contributed by atoms with E-state index in [4.69, 9.17) is 21.6 Å². The van der Waals surface area contributed by atoms with Gasteiger partial charge in [-0.25, -0.2) is 8.78 Å². The van der Waals surface area contributed by atoms with Crippen LogP contribution in [-0.2, 0) is 6.42 Å². The van der Waals surface area contributed by atoms with E-state index in [2.05, 4.69) is 0 Å². The third-order valence-corrected chi connectivity index (χ3v) is 5.46. The molecule has 0 saturated carbocycles. The molecule has 2 aromatic carbocycles. The highest BCUT2D eigenvalue weighted by Gasteiger charge is 2.42. The van der Waals surface area contributed by atoms with Gasteiger partial charge < -0.3 is 9.84 Å². The number of aliphatic hydroxyl groups is 1. The fraction of sp³-hybridized carbons (Fsp3) is 0.350. The molecule has 4 rings (SSSR count). The van der Waals surface area contributed by atoms with Gasteiger partial charge in [-0.05, 0) is 48.7 Å². The van der Waals surface area contributed by atoms with Gasteiger partial charge in [0.2, 0.25) is 0 Å². The van der Waals surface area contributed by atoms with Gasteiger partial charge in [0, 0.05) is 23.7 Å². The molecule has 1 saturated heterocycles. The Morgan fingerprint density at radius 2 is 2.04 bits per heavy atom. The van der Waals surface area contributed by atoms with E-state index in [1.807, 2.05) is 11.0 Å². The van der Waals surface area contributed by atoms with E-state index >= 15 is 0 Å². The molecule has 7 heteroatoms. The number of ether oxygens (including phenoxy) is 1. The van der Waals surface area contributed by atoms with Crippen molar-refractivity contribution in [2.75, 3.05) is 13.1 Å². The number of aliphatic hydroxyl groups excluding tert-OH is 1. The van der Waals surface area contributed by atoms with Gasteiger partial charge in [-0.3, -0.25) is 4.90 Å². The zero-order chi connectivity index (χ0) is 19.1. The Morgan fingerprint density at radius 1 is 1.22 bits per heavy atom. The topological polar surface area (TPSA) is 56.5 Å². The maximum absolute atomic E-state index is 14.5. The molecule has 1 N–H and O–H groups in total. The molecule has 2 aliphatic rings. The summed E-state index contributed by atoms with van der Waals surface area (Å²) < 4.78 is 34.8. The summed E-state index contributed by atoms with van der Waals surface area (Å²) in [5.74, 6) is -1.06. The van der Waals surface area contributed by atoms with Crippen LogP contribution in [0.2, 0.25) is 5.02 Å². The second-order valence-electron chi connectivity index (χ2n) is 6.96. The molecule has 1 aliphatic carbocycles. The molecule has 0 spiro atoms. The molecular formula is C20H17ClF2N2O2. The lowest BCUT2D eigenvalue weighted by molar-refractivity contribution is 0.0790. The molecular weight excluding hydrogens is 374 g/mol. The van der Waals surface area contributed by atoms with Crippen LogP contribution in [0.15, 0.2) is 30.3 Å². The number of β-amino-alcohol motifs (C(OH)–C–C–N with tert-alkyl or cyclic N) is 1. The molecule has 2 aromatic rings. The second kappa shape index (κ2) is 7.08. The highest BCUT2D eigenvalue weighted by atomic mass is 35.5. The van der Waals surface area contributed by atoms with Crippen molar-refractivity contribution < 1.29 is 18.6 Å². The minimum absolute atomic E-state index is 0.00280. The molecule has 1 aliphatic heterocycles. The van der Waals surface area contributed by atoms with Gasteiger partial charge in [0.25, 0.3) is 0 Å². The molecule has 0 bridgehead atoms. The van der Waals surface area contributed by atoms with Crippen molar-refractivity contribution in [3.05, 3.63) is 63.7 Å². The number of likely N-dealkylation sites (tertiary alicyclic amines) is 1. The van der Waals surface area contributed by atoms with Crippen molar-refractivity contribution in [2.24, 2.45) is 0 Å². The number of benzene rings is 2. The van der Waals surface area contributed by atoms with Crippen molar-refractivity contribution in [3.63, 3.8) is 0 Å². The first kappa shape index (κ1) is 18.2. The number of halogens is 3. The van der Waals surface area contributed by atoms with Crippen LogP contribution >= 0.6 is 11.6 Å². The van der Waals surface area contributed by atoms with Gasteiger partial charge in [0.1, 0.15) is 11.9 Å². The molecule has 0 amide bonds. The Kier molecular flexibility index (Phi) is 4.77. The largest absolute Gasteiger partial charge is 0.481 e. The quantitative estimate of drug-likeness (QED) is 0.870. The summed E-state index contributed by atoms with van der Waals surface area (Å²) in [5, 5.41) is 19.0. The van der Waals surface area contributed by atoms with E-state index < -0.39 is 23.8 Å². The number of hydrogen-bond donors (Lipinski definition) is 1. The average Bonchev–Trinajstić information content (AvgIpc) is 3.21. The van der Waals surface area contributed by atoms with Crippen LogP contribution in [0.3, 0.4) is 0 Å². The van der Waals surface area contributed by atoms with E-state index in [-0.39, 0.29) is 22.4 Å². The first-order chi connectivity index (χ1) is 13.0. The van der Waals surface area contributed by atoms with Crippen LogP contribution in [0.25, 0.3) is 0 Å². The number of hydrogen-bond acceptors (Lipinski definition) is 4. The van der Waals surface area contributed by atoms with Gasteiger partial charge >= 0.3 is 0 Å². The normalized spacial score (nSPS) is 24.6. The molecule has 0 radical (unpaired) electrons. The first-order valence-electron chi connectivity index (χ1n) is 8.72. The Balaban J connectivity index is 1.71. The fourth-order valence-electron chi connectivity index (χ4n) is 3.95. The lowest BCUT2D eigenvalue weighted by Gasteiger charge is -2.30. The van der Waals surface area contributed by atoms with Crippen LogP contribution in [0.1, 0.15) is 29.2 Å². The minimum Gasteiger partial charge on any atom is -0.481 e. The molecule has 27 heavy (non-hydrogen) atoms. The third kappa shape index (κ3) is 3.39. The van der Waals surface area contributed by atoms with Gasteiger partial charge in [0.05, 0.1) is 23.8 Å². The van der Waals surface area contributed by atoms with E-state index in [1.165, 1.54) is 18.2 Å². The summed E-state index contributed by atoms with van der Waals surface area (Å²) >= 11 is 6.04. The van der Waals surface area contributed by atoms with Crippen molar-refractivity contribution in [1.29, 1.82) is 5.26 Å². The minimum atomic E-state index is -0.648. The SMILES string of the molecule is N#Cc1ccc(O[C@H]2c3cc(Cl)cc(F)c3C[C@@H]2N2CC[C@@H](O)C2)c(F)c1. The molecule has 4 nitrogen and oxygen atoms in total. The Bertz CT molecular complexity index is 931. The number of nitrogens with zero attached hydrogens (tertiary/aromatic N) is 2. The first-order valence-corrected chi connectivity index (χ1v) is 9.10. The van der Waals surface area contributed by atoms with Crippen LogP contribution in [0.4, 0.5) is 8.78 Å². The number of rotatable bonds is 3. The Hall–Kier alpha value is -2.20. The van der Waals surface area contributed by atoms with E-state index in [0.29, 0.717) is 37.1 Å². The second-order valence-corrected chi connectivity index (χ2v) is 7.40. The maximum Gasteiger partial charge on any atom is 0.166 e. The highest BCUT2D eigenvalue weighted by Crippen LogP contribution is 2.42. The maximum atomic E-state index is 14.5. The number of nitriles is 1. The summed E-state index contributed by atoms with van der Waals surface area (Å²) in [6, 6.07) is 8.55. The van der Waals surface area contributed by atoms with E-state index in [0.717, 1.165) is 6.07 Å². The predicted octanol–water partition coefficient (Wildman–Crippen LogP) is 3.60. The van der Waals surface area contributed by atoms with Gasteiger partial charge in [-0.2, -0.15) is 5.26 Å². The van der Waals surface area contributed by atoms with Crippen molar-refractivity contribution in [1.82, 2.24) is 4.90 Å². The highest BCUT2D eigenvalue weighted by molar-refractivity contribution is 6.30. The van der Waals surface area contributed by atoms with Crippen LogP contribution < -0.4 is 4.74 Å². The molecule has 140 valence electrons. The summed E-state index contributed by atoms with van der Waals surface area (Å²) in [4.78, 5) is 2.05. The smallest absolute Gasteiger partial charge is 0.166 e. The van der Waals surface area contributed by atoms with Crippen molar-refractivity contribution >= 4 is 11.6 Å². The molecule has 0 unspecified atom stereocenters. The van der Waals surface area contributed by atoms with Crippen molar-refractivity contribution in [3.8, 4) is 11.8 Å². The van der Waals surface area contributed by atoms with Gasteiger partial charge in [0.15, 0.2) is 11.6 Å². The van der Waals surface area contributed by atoms with Crippen molar-refractivity contribution in [2.45, 2.75) is 31.1 Å². The summed E-state index contributed by atoms with van der Waals surface area (Å²) in [6.45, 7) is 1.12. The van der Waals surface area contributed by atoms with Gasteiger partial charge in [-0.15, -0.1) is 0 Å². The summed E-state index contributed by atoms with van der Waals surface area (Å²) in [5.41, 5.74) is 1.29. The zero-order valence-corrected chi connectivity index (χ0v) is 15.1. The van der Waals surface area contributed by atoms with E-state index in [9.17, 15) is 13.9 Å². The fourth-order valence-corrected chi connectivity index (χ4v) is 4.16. The van der Waals surface area contributed by atoms with Crippen LogP contribution in [-0.4, -0.2) is 35.2 Å². The number of fused-ring (bicyclic) bond motifs is 1. The van der Waals surface area contributed by atoms with Crippen LogP contribution in [0.5, 0.6) is 5.75 Å². The van der Waals surface area contributed by atoms with Gasteiger partial charge in [-0.1, -0.05) is 11.6 Å². The summed E-state index contributed by atoms with van der Waals surface area (Å²) in [7, 11) is 0. The monoisotopic (exact) mass is 390 g/mol. The molecule has 0 aromatic heterocycles. The lowest BCUT2D eigenvalue weighted by atomic mass is 10.1.